The van der Waals surface area contributed by atoms with Gasteiger partial charge in [-0.15, -0.1) is 11.3 Å². The number of para-hydroxylation sites is 1. The molecule has 0 fully saturated rings. The van der Waals surface area contributed by atoms with Gasteiger partial charge in [0.2, 0.25) is 0 Å². The zero-order valence-electron chi connectivity index (χ0n) is 10.0. The molecule has 19 heavy (non-hydrogen) atoms. The smallest absolute Gasteiger partial charge is 0.312 e. The van der Waals surface area contributed by atoms with Gasteiger partial charge < -0.3 is 10.0 Å². The van der Waals surface area contributed by atoms with Gasteiger partial charge in [-0.3, -0.25) is 4.79 Å². The number of nitrogens with zero attached hydrogens (tertiary/aromatic N) is 1. The molecule has 1 unspecified atom stereocenters. The van der Waals surface area contributed by atoms with E-state index in [4.69, 9.17) is 11.6 Å². The number of fused-ring (bicyclic) bond motifs is 1. The topological polar surface area (TPSA) is 40.5 Å². The molecule has 2 heterocycles. The van der Waals surface area contributed by atoms with Crippen LogP contribution >= 0.6 is 22.9 Å². The molecule has 1 aliphatic rings. The number of aliphatic carboxylic acids is 1. The van der Waals surface area contributed by atoms with Gasteiger partial charge in [-0.05, 0) is 23.8 Å². The highest BCUT2D eigenvalue weighted by Gasteiger charge is 2.33. The molecule has 1 N–H and O–H groups in total. The van der Waals surface area contributed by atoms with E-state index < -0.39 is 11.9 Å². The number of hydrogen-bond donors (Lipinski definition) is 1. The summed E-state index contributed by atoms with van der Waals surface area (Å²) in [6.07, 6.45) is 0. The van der Waals surface area contributed by atoms with Gasteiger partial charge in [0.1, 0.15) is 5.92 Å². The Morgan fingerprint density at radius 2 is 2.16 bits per heavy atom. The SMILES string of the molecule is O=C(O)C1CN(Cc2ccc(Cl)s2)c2ccccc21. The van der Waals surface area contributed by atoms with Gasteiger partial charge in [0, 0.05) is 17.1 Å². The first-order valence-corrected chi connectivity index (χ1v) is 7.15. The first kappa shape index (κ1) is 12.5. The average Bonchev–Trinajstić information content (AvgIpc) is 2.95. The molecule has 0 bridgehead atoms. The fourth-order valence-electron chi connectivity index (χ4n) is 2.47. The average molecular weight is 294 g/mol. The number of carboxylic acids is 1. The van der Waals surface area contributed by atoms with Gasteiger partial charge >= 0.3 is 5.97 Å². The second-order valence-electron chi connectivity index (χ2n) is 4.54. The van der Waals surface area contributed by atoms with Crippen LogP contribution in [0, 0.1) is 0 Å². The van der Waals surface area contributed by atoms with Crippen molar-refractivity contribution in [2.45, 2.75) is 12.5 Å². The van der Waals surface area contributed by atoms with Crippen LogP contribution < -0.4 is 4.90 Å². The van der Waals surface area contributed by atoms with Gasteiger partial charge in [-0.2, -0.15) is 0 Å². The predicted octanol–water partition coefficient (Wildman–Crippen LogP) is 3.59. The largest absolute Gasteiger partial charge is 0.481 e. The number of benzene rings is 1. The van der Waals surface area contributed by atoms with Crippen molar-refractivity contribution < 1.29 is 9.90 Å². The highest BCUT2D eigenvalue weighted by atomic mass is 35.5. The second kappa shape index (κ2) is 4.87. The number of carbonyl (C=O) groups is 1. The van der Waals surface area contributed by atoms with Gasteiger partial charge in [0.15, 0.2) is 0 Å². The van der Waals surface area contributed by atoms with Gasteiger partial charge in [-0.25, -0.2) is 0 Å². The number of hydrogen-bond acceptors (Lipinski definition) is 3. The second-order valence-corrected chi connectivity index (χ2v) is 6.34. The molecule has 0 amide bonds. The maximum Gasteiger partial charge on any atom is 0.312 e. The number of rotatable bonds is 3. The Hall–Kier alpha value is -1.52. The molecule has 0 aliphatic carbocycles. The van der Waals surface area contributed by atoms with Crippen molar-refractivity contribution in [3.63, 3.8) is 0 Å². The molecular formula is C14H12ClNO2S. The molecule has 0 spiro atoms. The summed E-state index contributed by atoms with van der Waals surface area (Å²) in [6, 6.07) is 11.6. The lowest BCUT2D eigenvalue weighted by Crippen LogP contribution is -2.23. The van der Waals surface area contributed by atoms with E-state index in [9.17, 15) is 9.90 Å². The van der Waals surface area contributed by atoms with Crippen LogP contribution in [0.25, 0.3) is 0 Å². The zero-order valence-corrected chi connectivity index (χ0v) is 11.6. The first-order valence-electron chi connectivity index (χ1n) is 5.96. The van der Waals surface area contributed by atoms with Gasteiger partial charge in [0.05, 0.1) is 10.9 Å². The molecule has 3 rings (SSSR count). The maximum absolute atomic E-state index is 11.3. The summed E-state index contributed by atoms with van der Waals surface area (Å²) in [7, 11) is 0. The number of anilines is 1. The highest BCUT2D eigenvalue weighted by Crippen LogP contribution is 2.37. The Labute approximate surface area is 120 Å². The van der Waals surface area contributed by atoms with E-state index in [1.165, 1.54) is 11.3 Å². The van der Waals surface area contributed by atoms with Crippen LogP contribution in [0.4, 0.5) is 5.69 Å². The maximum atomic E-state index is 11.3. The van der Waals surface area contributed by atoms with Crippen molar-refractivity contribution in [1.29, 1.82) is 0 Å². The van der Waals surface area contributed by atoms with E-state index in [-0.39, 0.29) is 0 Å². The van der Waals surface area contributed by atoms with Crippen molar-refractivity contribution in [3.05, 3.63) is 51.2 Å². The van der Waals surface area contributed by atoms with Crippen molar-refractivity contribution in [3.8, 4) is 0 Å². The third-order valence-electron chi connectivity index (χ3n) is 3.33. The molecule has 1 atom stereocenters. The lowest BCUT2D eigenvalue weighted by molar-refractivity contribution is -0.138. The van der Waals surface area contributed by atoms with Crippen molar-refractivity contribution >= 4 is 34.6 Å². The zero-order chi connectivity index (χ0) is 13.4. The van der Waals surface area contributed by atoms with Crippen molar-refractivity contribution in [1.82, 2.24) is 0 Å². The van der Waals surface area contributed by atoms with E-state index in [1.807, 2.05) is 36.4 Å². The third-order valence-corrected chi connectivity index (χ3v) is 4.55. The summed E-state index contributed by atoms with van der Waals surface area (Å²) in [5, 5.41) is 9.30. The first-order chi connectivity index (χ1) is 9.15. The minimum absolute atomic E-state index is 0.438. The van der Waals surface area contributed by atoms with E-state index in [1.54, 1.807) is 0 Å². The molecular weight excluding hydrogens is 282 g/mol. The van der Waals surface area contributed by atoms with Crippen LogP contribution in [-0.4, -0.2) is 17.6 Å². The lowest BCUT2D eigenvalue weighted by Gasteiger charge is -2.18. The molecule has 1 aromatic heterocycles. The summed E-state index contributed by atoms with van der Waals surface area (Å²) in [4.78, 5) is 14.6. The summed E-state index contributed by atoms with van der Waals surface area (Å²) >= 11 is 7.47. The third kappa shape index (κ3) is 2.33. The fraction of sp³-hybridized carbons (Fsp3) is 0.214. The Morgan fingerprint density at radius 1 is 1.37 bits per heavy atom. The molecule has 98 valence electrons. The Kier molecular flexibility index (Phi) is 3.21. The molecule has 0 saturated carbocycles. The Bertz CT molecular complexity index is 625. The number of thiophene rings is 1. The van der Waals surface area contributed by atoms with Crippen molar-refractivity contribution in [2.24, 2.45) is 0 Å². The predicted molar refractivity (Wildman–Crippen MR) is 77.2 cm³/mol. The minimum Gasteiger partial charge on any atom is -0.481 e. The number of halogens is 1. The van der Waals surface area contributed by atoms with E-state index in [2.05, 4.69) is 4.90 Å². The summed E-state index contributed by atoms with van der Waals surface area (Å²) < 4.78 is 0.761. The monoisotopic (exact) mass is 293 g/mol. The summed E-state index contributed by atoms with van der Waals surface area (Å²) in [6.45, 7) is 1.22. The molecule has 1 aromatic carbocycles. The van der Waals surface area contributed by atoms with Gasteiger partial charge in [0.25, 0.3) is 0 Å². The Balaban J connectivity index is 1.90. The molecule has 5 heteroatoms. The van der Waals surface area contributed by atoms with Crippen LogP contribution in [0.1, 0.15) is 16.4 Å². The van der Waals surface area contributed by atoms with E-state index >= 15 is 0 Å². The fourth-order valence-corrected chi connectivity index (χ4v) is 3.58. The van der Waals surface area contributed by atoms with Crippen LogP contribution in [0.5, 0.6) is 0 Å². The van der Waals surface area contributed by atoms with Crippen molar-refractivity contribution in [2.75, 3.05) is 11.4 Å². The summed E-state index contributed by atoms with van der Waals surface area (Å²) in [5.74, 6) is -1.20. The van der Waals surface area contributed by atoms with E-state index in [0.717, 1.165) is 20.5 Å². The van der Waals surface area contributed by atoms with E-state index in [0.29, 0.717) is 13.1 Å². The molecule has 3 nitrogen and oxygen atoms in total. The molecule has 1 aliphatic heterocycles. The highest BCUT2D eigenvalue weighted by molar-refractivity contribution is 7.16. The number of carboxylic acid groups (broad SMARTS) is 1. The van der Waals surface area contributed by atoms with Gasteiger partial charge in [-0.1, -0.05) is 29.8 Å². The Morgan fingerprint density at radius 3 is 2.84 bits per heavy atom. The normalized spacial score (nSPS) is 17.5. The van der Waals surface area contributed by atoms with Crippen LogP contribution in [-0.2, 0) is 11.3 Å². The van der Waals surface area contributed by atoms with Crippen LogP contribution in [0.15, 0.2) is 36.4 Å². The van der Waals surface area contributed by atoms with Crippen LogP contribution in [0.2, 0.25) is 4.34 Å². The molecule has 2 aromatic rings. The minimum atomic E-state index is -0.765. The lowest BCUT2D eigenvalue weighted by atomic mass is 10.0. The quantitative estimate of drug-likeness (QED) is 0.940. The molecule has 0 radical (unpaired) electrons. The van der Waals surface area contributed by atoms with Crippen LogP contribution in [0.3, 0.4) is 0 Å². The summed E-state index contributed by atoms with van der Waals surface area (Å²) in [5.41, 5.74) is 1.91. The molecule has 0 saturated heterocycles. The standard InChI is InChI=1S/C14H12ClNO2S/c15-13-6-5-9(19-13)7-16-8-11(14(17)18)10-3-1-2-4-12(10)16/h1-6,11H,7-8H2,(H,17,18).